The molecule has 5 heteroatoms. The van der Waals surface area contributed by atoms with Crippen LogP contribution in [0.1, 0.15) is 28.9 Å². The molecule has 0 spiro atoms. The smallest absolute Gasteiger partial charge is 0.255 e. The van der Waals surface area contributed by atoms with E-state index in [0.717, 1.165) is 48.6 Å². The SMILES string of the molecule is COc1ccc(-c2cc(C(=O)N3CCCC3)c(C)n2-c2ccccc2F)cc1. The molecular formula is C23H23FN2O2. The number of likely N-dealkylation sites (tertiary alicyclic amines) is 1. The lowest BCUT2D eigenvalue weighted by Crippen LogP contribution is -2.27. The van der Waals surface area contributed by atoms with Gasteiger partial charge in [0.2, 0.25) is 0 Å². The Morgan fingerprint density at radius 1 is 1.04 bits per heavy atom. The van der Waals surface area contributed by atoms with Gasteiger partial charge >= 0.3 is 0 Å². The third-order valence-corrected chi connectivity index (χ3v) is 5.35. The van der Waals surface area contributed by atoms with Gasteiger partial charge in [0, 0.05) is 18.8 Å². The maximum Gasteiger partial charge on any atom is 0.255 e. The van der Waals surface area contributed by atoms with Crippen LogP contribution in [0.25, 0.3) is 16.9 Å². The Hall–Kier alpha value is -3.08. The first-order valence-corrected chi connectivity index (χ1v) is 9.51. The highest BCUT2D eigenvalue weighted by atomic mass is 19.1. The maximum atomic E-state index is 14.6. The van der Waals surface area contributed by atoms with Crippen molar-refractivity contribution in [3.05, 3.63) is 71.7 Å². The Balaban J connectivity index is 1.88. The van der Waals surface area contributed by atoms with Crippen molar-refractivity contribution in [2.24, 2.45) is 0 Å². The number of carbonyl (C=O) groups is 1. The summed E-state index contributed by atoms with van der Waals surface area (Å²) in [5, 5.41) is 0. The molecule has 0 bridgehead atoms. The summed E-state index contributed by atoms with van der Waals surface area (Å²) in [5.74, 6) is 0.439. The van der Waals surface area contributed by atoms with Crippen LogP contribution >= 0.6 is 0 Å². The van der Waals surface area contributed by atoms with Gasteiger partial charge in [-0.3, -0.25) is 4.79 Å². The van der Waals surface area contributed by atoms with Gasteiger partial charge < -0.3 is 14.2 Å². The molecule has 1 fully saturated rings. The fourth-order valence-corrected chi connectivity index (χ4v) is 3.83. The lowest BCUT2D eigenvalue weighted by atomic mass is 10.1. The maximum absolute atomic E-state index is 14.6. The summed E-state index contributed by atoms with van der Waals surface area (Å²) < 4.78 is 21.7. The first kappa shape index (κ1) is 18.3. The summed E-state index contributed by atoms with van der Waals surface area (Å²) >= 11 is 0. The molecule has 1 aliphatic heterocycles. The number of methoxy groups -OCH3 is 1. The molecule has 0 saturated carbocycles. The van der Waals surface area contributed by atoms with E-state index in [-0.39, 0.29) is 11.7 Å². The van der Waals surface area contributed by atoms with Gasteiger partial charge in [-0.15, -0.1) is 0 Å². The van der Waals surface area contributed by atoms with E-state index in [1.54, 1.807) is 25.3 Å². The van der Waals surface area contributed by atoms with E-state index in [2.05, 4.69) is 0 Å². The average molecular weight is 378 g/mol. The molecule has 1 aromatic heterocycles. The van der Waals surface area contributed by atoms with Crippen LogP contribution in [0.15, 0.2) is 54.6 Å². The predicted octanol–water partition coefficient (Wildman–Crippen LogP) is 4.84. The molecule has 4 nitrogen and oxygen atoms in total. The third kappa shape index (κ3) is 3.17. The molecule has 0 atom stereocenters. The zero-order chi connectivity index (χ0) is 19.7. The Morgan fingerprint density at radius 3 is 2.36 bits per heavy atom. The van der Waals surface area contributed by atoms with Gasteiger partial charge in [0.25, 0.3) is 5.91 Å². The molecule has 0 radical (unpaired) electrons. The highest BCUT2D eigenvalue weighted by Crippen LogP contribution is 2.32. The number of ether oxygens (including phenoxy) is 1. The van der Waals surface area contributed by atoms with Crippen LogP contribution < -0.4 is 4.74 Å². The first-order valence-electron chi connectivity index (χ1n) is 9.51. The van der Waals surface area contributed by atoms with Gasteiger partial charge in [0.1, 0.15) is 11.6 Å². The molecule has 1 amide bonds. The number of rotatable bonds is 4. The van der Waals surface area contributed by atoms with Crippen LogP contribution in [0, 0.1) is 12.7 Å². The second-order valence-electron chi connectivity index (χ2n) is 7.04. The third-order valence-electron chi connectivity index (χ3n) is 5.35. The molecule has 144 valence electrons. The van der Waals surface area contributed by atoms with Gasteiger partial charge in [-0.25, -0.2) is 4.39 Å². The quantitative estimate of drug-likeness (QED) is 0.651. The van der Waals surface area contributed by atoms with E-state index in [1.807, 2.05) is 46.7 Å². The highest BCUT2D eigenvalue weighted by molar-refractivity contribution is 5.97. The number of nitrogens with zero attached hydrogens (tertiary/aromatic N) is 2. The van der Waals surface area contributed by atoms with E-state index in [1.165, 1.54) is 6.07 Å². The minimum atomic E-state index is -0.323. The molecule has 0 aliphatic carbocycles. The lowest BCUT2D eigenvalue weighted by molar-refractivity contribution is 0.0792. The van der Waals surface area contributed by atoms with E-state index in [0.29, 0.717) is 11.3 Å². The summed E-state index contributed by atoms with van der Waals surface area (Å²) in [6.07, 6.45) is 2.06. The van der Waals surface area contributed by atoms with Crippen LogP contribution in [-0.4, -0.2) is 35.6 Å². The van der Waals surface area contributed by atoms with E-state index < -0.39 is 0 Å². The second kappa shape index (κ2) is 7.50. The second-order valence-corrected chi connectivity index (χ2v) is 7.04. The molecule has 0 N–H and O–H groups in total. The minimum absolute atomic E-state index is 0.0138. The van der Waals surface area contributed by atoms with Crippen molar-refractivity contribution in [3.8, 4) is 22.7 Å². The predicted molar refractivity (Wildman–Crippen MR) is 108 cm³/mol. The van der Waals surface area contributed by atoms with Crippen molar-refractivity contribution in [1.29, 1.82) is 0 Å². The van der Waals surface area contributed by atoms with Crippen molar-refractivity contribution in [3.63, 3.8) is 0 Å². The highest BCUT2D eigenvalue weighted by Gasteiger charge is 2.26. The number of aromatic nitrogens is 1. The van der Waals surface area contributed by atoms with Crippen molar-refractivity contribution < 1.29 is 13.9 Å². The lowest BCUT2D eigenvalue weighted by Gasteiger charge is -2.16. The van der Waals surface area contributed by atoms with Crippen LogP contribution in [0.3, 0.4) is 0 Å². The fourth-order valence-electron chi connectivity index (χ4n) is 3.83. The molecule has 2 aromatic carbocycles. The number of amides is 1. The average Bonchev–Trinajstić information content (AvgIpc) is 3.37. The van der Waals surface area contributed by atoms with Crippen LogP contribution in [0.5, 0.6) is 5.75 Å². The Morgan fingerprint density at radius 2 is 1.71 bits per heavy atom. The minimum Gasteiger partial charge on any atom is -0.497 e. The van der Waals surface area contributed by atoms with Gasteiger partial charge in [-0.2, -0.15) is 0 Å². The zero-order valence-corrected chi connectivity index (χ0v) is 16.1. The van der Waals surface area contributed by atoms with Crippen molar-refractivity contribution in [2.45, 2.75) is 19.8 Å². The number of para-hydroxylation sites is 1. The zero-order valence-electron chi connectivity index (χ0n) is 16.1. The molecule has 1 aliphatic rings. The summed E-state index contributed by atoms with van der Waals surface area (Å²) in [5.41, 5.74) is 3.48. The van der Waals surface area contributed by atoms with Crippen LogP contribution in [-0.2, 0) is 0 Å². The van der Waals surface area contributed by atoms with Crippen LogP contribution in [0.2, 0.25) is 0 Å². The van der Waals surface area contributed by atoms with Gasteiger partial charge in [-0.1, -0.05) is 12.1 Å². The first-order chi connectivity index (χ1) is 13.6. The van der Waals surface area contributed by atoms with Gasteiger partial charge in [0.15, 0.2) is 0 Å². The fraction of sp³-hybridized carbons (Fsp3) is 0.261. The van der Waals surface area contributed by atoms with Crippen molar-refractivity contribution in [2.75, 3.05) is 20.2 Å². The summed E-state index contributed by atoms with van der Waals surface area (Å²) in [6.45, 7) is 3.44. The summed E-state index contributed by atoms with van der Waals surface area (Å²) in [6, 6.07) is 16.1. The van der Waals surface area contributed by atoms with Gasteiger partial charge in [0.05, 0.1) is 24.1 Å². The standard InChI is InChI=1S/C23H23FN2O2/c1-16-19(23(27)25-13-5-6-14-25)15-22(17-9-11-18(28-2)12-10-17)26(16)21-8-4-3-7-20(21)24/h3-4,7-12,15H,5-6,13-14H2,1-2H3. The van der Waals surface area contributed by atoms with E-state index >= 15 is 0 Å². The number of carbonyl (C=O) groups excluding carboxylic acids is 1. The molecule has 28 heavy (non-hydrogen) atoms. The largest absolute Gasteiger partial charge is 0.497 e. The Labute approximate surface area is 164 Å². The molecule has 3 aromatic rings. The number of hydrogen-bond acceptors (Lipinski definition) is 2. The Bertz CT molecular complexity index is 1000. The number of benzene rings is 2. The van der Waals surface area contributed by atoms with E-state index in [4.69, 9.17) is 4.74 Å². The number of halogens is 1. The Kier molecular flexibility index (Phi) is 4.90. The summed E-state index contributed by atoms with van der Waals surface area (Å²) in [4.78, 5) is 15.0. The number of hydrogen-bond donors (Lipinski definition) is 0. The van der Waals surface area contributed by atoms with Gasteiger partial charge in [-0.05, 0) is 67.8 Å². The molecular weight excluding hydrogens is 355 g/mol. The molecule has 1 saturated heterocycles. The summed E-state index contributed by atoms with van der Waals surface area (Å²) in [7, 11) is 1.62. The van der Waals surface area contributed by atoms with Crippen molar-refractivity contribution in [1.82, 2.24) is 9.47 Å². The topological polar surface area (TPSA) is 34.5 Å². The molecule has 4 rings (SSSR count). The molecule has 0 unspecified atom stereocenters. The normalized spacial score (nSPS) is 13.8. The van der Waals surface area contributed by atoms with E-state index in [9.17, 15) is 9.18 Å². The van der Waals surface area contributed by atoms with Crippen molar-refractivity contribution >= 4 is 5.91 Å². The van der Waals surface area contributed by atoms with Crippen LogP contribution in [0.4, 0.5) is 4.39 Å². The monoisotopic (exact) mass is 378 g/mol. The molecule has 2 heterocycles.